The van der Waals surface area contributed by atoms with Gasteiger partial charge in [-0.25, -0.2) is 4.98 Å². The Labute approximate surface area is 183 Å². The zero-order valence-electron chi connectivity index (χ0n) is 18.1. The normalized spacial score (nSPS) is 22.1. The first-order chi connectivity index (χ1) is 15.2. The van der Waals surface area contributed by atoms with Gasteiger partial charge >= 0.3 is 0 Å². The molecule has 2 amide bonds. The second-order valence-corrected chi connectivity index (χ2v) is 9.02. The summed E-state index contributed by atoms with van der Waals surface area (Å²) in [5.41, 5.74) is 2.19. The minimum Gasteiger partial charge on any atom is -0.354 e. The van der Waals surface area contributed by atoms with Crippen LogP contribution in [0.1, 0.15) is 48.3 Å². The summed E-state index contributed by atoms with van der Waals surface area (Å²) < 4.78 is 2.00. The van der Waals surface area contributed by atoms with Crippen LogP contribution in [0, 0.1) is 0 Å². The summed E-state index contributed by atoms with van der Waals surface area (Å²) in [6.07, 6.45) is 8.59. The number of carbonyl (C=O) groups excluding carboxylic acids is 2. The fourth-order valence-corrected chi connectivity index (χ4v) is 5.29. The van der Waals surface area contributed by atoms with Crippen molar-refractivity contribution in [2.75, 3.05) is 45.8 Å². The van der Waals surface area contributed by atoms with Gasteiger partial charge in [-0.05, 0) is 25.0 Å². The summed E-state index contributed by atoms with van der Waals surface area (Å²) in [5.74, 6) is 0.0511. The molecule has 2 aliphatic heterocycles. The molecule has 3 fully saturated rings. The lowest BCUT2D eigenvalue weighted by Crippen LogP contribution is -2.52. The molecule has 1 aliphatic carbocycles. The average molecular weight is 425 g/mol. The molecule has 166 valence electrons. The lowest BCUT2D eigenvalue weighted by atomic mass is 9.94. The van der Waals surface area contributed by atoms with Gasteiger partial charge in [-0.15, -0.1) is 0 Å². The number of imidazole rings is 1. The van der Waals surface area contributed by atoms with Gasteiger partial charge in [0.05, 0.1) is 12.2 Å². The lowest BCUT2D eigenvalue weighted by Gasteiger charge is -2.40. The van der Waals surface area contributed by atoms with Gasteiger partial charge < -0.3 is 14.6 Å². The molecule has 0 spiro atoms. The molecule has 0 bridgehead atoms. The van der Waals surface area contributed by atoms with Crippen LogP contribution in [0.25, 0.3) is 5.65 Å². The number of amides is 2. The van der Waals surface area contributed by atoms with Crippen LogP contribution in [0.3, 0.4) is 0 Å². The van der Waals surface area contributed by atoms with Crippen molar-refractivity contribution in [2.24, 2.45) is 0 Å². The SMILES string of the molecule is O=C1CN(Cc2c(C(=O)N3CCN(C4CCCCC4)CC3)nc3ccccn23)CCN1. The van der Waals surface area contributed by atoms with E-state index in [2.05, 4.69) is 15.1 Å². The van der Waals surface area contributed by atoms with Crippen molar-refractivity contribution in [3.63, 3.8) is 0 Å². The number of pyridine rings is 1. The predicted octanol–water partition coefficient (Wildman–Crippen LogP) is 1.36. The van der Waals surface area contributed by atoms with Gasteiger partial charge in [0.15, 0.2) is 5.69 Å². The Kier molecular flexibility index (Phi) is 5.91. The molecule has 5 rings (SSSR count). The fourth-order valence-electron chi connectivity index (χ4n) is 5.29. The molecule has 8 heteroatoms. The molecule has 1 N–H and O–H groups in total. The fraction of sp³-hybridized carbons (Fsp3) is 0.609. The Morgan fingerprint density at radius 3 is 2.65 bits per heavy atom. The van der Waals surface area contributed by atoms with Gasteiger partial charge in [0.2, 0.25) is 5.91 Å². The van der Waals surface area contributed by atoms with Gasteiger partial charge in [0.25, 0.3) is 5.91 Å². The highest BCUT2D eigenvalue weighted by atomic mass is 16.2. The van der Waals surface area contributed by atoms with Gasteiger partial charge in [-0.1, -0.05) is 25.3 Å². The number of carbonyl (C=O) groups is 2. The second-order valence-electron chi connectivity index (χ2n) is 9.02. The molecule has 0 atom stereocenters. The average Bonchev–Trinajstić information content (AvgIpc) is 3.18. The summed E-state index contributed by atoms with van der Waals surface area (Å²) in [6, 6.07) is 6.53. The van der Waals surface area contributed by atoms with Crippen molar-refractivity contribution >= 4 is 17.5 Å². The minimum atomic E-state index is 0.0171. The van der Waals surface area contributed by atoms with Crippen LogP contribution >= 0.6 is 0 Å². The van der Waals surface area contributed by atoms with Crippen molar-refractivity contribution in [3.8, 4) is 0 Å². The number of hydrogen-bond donors (Lipinski definition) is 1. The van der Waals surface area contributed by atoms with Crippen molar-refractivity contribution in [1.29, 1.82) is 0 Å². The van der Waals surface area contributed by atoms with Crippen molar-refractivity contribution < 1.29 is 9.59 Å². The molecule has 1 saturated carbocycles. The summed E-state index contributed by atoms with van der Waals surface area (Å²) in [4.78, 5) is 36.7. The molecule has 3 aliphatic rings. The number of piperazine rings is 2. The van der Waals surface area contributed by atoms with E-state index in [1.165, 1.54) is 32.1 Å². The lowest BCUT2D eigenvalue weighted by molar-refractivity contribution is -0.124. The van der Waals surface area contributed by atoms with Gasteiger partial charge in [-0.3, -0.25) is 19.4 Å². The zero-order valence-corrected chi connectivity index (χ0v) is 18.1. The molecular formula is C23H32N6O2. The molecule has 0 aromatic carbocycles. The summed E-state index contributed by atoms with van der Waals surface area (Å²) >= 11 is 0. The highest BCUT2D eigenvalue weighted by Gasteiger charge is 2.31. The van der Waals surface area contributed by atoms with Crippen LogP contribution < -0.4 is 5.32 Å². The van der Waals surface area contributed by atoms with Crippen molar-refractivity contribution in [2.45, 2.75) is 44.7 Å². The van der Waals surface area contributed by atoms with E-state index in [0.29, 0.717) is 31.4 Å². The molecule has 0 unspecified atom stereocenters. The van der Waals surface area contributed by atoms with Crippen LogP contribution in [-0.4, -0.2) is 87.8 Å². The quantitative estimate of drug-likeness (QED) is 0.802. The minimum absolute atomic E-state index is 0.0171. The molecule has 8 nitrogen and oxygen atoms in total. The third kappa shape index (κ3) is 4.32. The highest BCUT2D eigenvalue weighted by Crippen LogP contribution is 2.24. The van der Waals surface area contributed by atoms with E-state index in [1.54, 1.807) is 0 Å². The van der Waals surface area contributed by atoms with Crippen molar-refractivity contribution in [3.05, 3.63) is 35.8 Å². The van der Waals surface area contributed by atoms with E-state index in [-0.39, 0.29) is 11.8 Å². The first kappa shape index (κ1) is 20.5. The molecule has 2 aromatic rings. The number of nitrogens with one attached hydrogen (secondary N) is 1. The first-order valence-electron chi connectivity index (χ1n) is 11.7. The summed E-state index contributed by atoms with van der Waals surface area (Å²) in [6.45, 7) is 5.73. The number of rotatable bonds is 4. The Hall–Kier alpha value is -2.45. The van der Waals surface area contributed by atoms with E-state index in [1.807, 2.05) is 33.7 Å². The van der Waals surface area contributed by atoms with Gasteiger partial charge in [0.1, 0.15) is 5.65 Å². The standard InChI is InChI=1S/C23H32N6O2/c30-21-17-26(11-9-24-21)16-19-22(25-20-8-4-5-10-29(19)20)23(31)28-14-12-27(13-15-28)18-6-2-1-3-7-18/h4-5,8,10,18H,1-3,6-7,9,11-17H2,(H,24,30). The van der Waals surface area contributed by atoms with Crippen LogP contribution in [0.5, 0.6) is 0 Å². The highest BCUT2D eigenvalue weighted by molar-refractivity contribution is 5.94. The predicted molar refractivity (Wildman–Crippen MR) is 118 cm³/mol. The van der Waals surface area contributed by atoms with Gasteiger partial charge in [-0.2, -0.15) is 0 Å². The molecular weight excluding hydrogens is 392 g/mol. The van der Waals surface area contributed by atoms with Crippen molar-refractivity contribution in [1.82, 2.24) is 29.4 Å². The molecule has 2 saturated heterocycles. The Balaban J connectivity index is 1.33. The third-order valence-electron chi connectivity index (χ3n) is 7.01. The van der Waals surface area contributed by atoms with Crippen LogP contribution in [0.4, 0.5) is 0 Å². The maximum Gasteiger partial charge on any atom is 0.274 e. The smallest absolute Gasteiger partial charge is 0.274 e. The van der Waals surface area contributed by atoms with Crippen LogP contribution in [0.15, 0.2) is 24.4 Å². The van der Waals surface area contributed by atoms with E-state index >= 15 is 0 Å². The second kappa shape index (κ2) is 8.96. The molecule has 4 heterocycles. The summed E-state index contributed by atoms with van der Waals surface area (Å²) in [7, 11) is 0. The number of hydrogen-bond acceptors (Lipinski definition) is 5. The monoisotopic (exact) mass is 424 g/mol. The summed E-state index contributed by atoms with van der Waals surface area (Å²) in [5, 5.41) is 2.87. The Bertz CT molecular complexity index is 943. The van der Waals surface area contributed by atoms with Gasteiger partial charge in [0, 0.05) is 58.1 Å². The molecule has 31 heavy (non-hydrogen) atoms. The maximum atomic E-state index is 13.5. The van der Waals surface area contributed by atoms with E-state index in [4.69, 9.17) is 4.98 Å². The maximum absolute atomic E-state index is 13.5. The topological polar surface area (TPSA) is 73.2 Å². The van der Waals surface area contributed by atoms with E-state index in [9.17, 15) is 9.59 Å². The van der Waals surface area contributed by atoms with Crippen LogP contribution in [-0.2, 0) is 11.3 Å². The Morgan fingerprint density at radius 1 is 1.06 bits per heavy atom. The zero-order chi connectivity index (χ0) is 21.2. The van der Waals surface area contributed by atoms with Crippen LogP contribution in [0.2, 0.25) is 0 Å². The van der Waals surface area contributed by atoms with E-state index < -0.39 is 0 Å². The van der Waals surface area contributed by atoms with E-state index in [0.717, 1.165) is 44.1 Å². The third-order valence-corrected chi connectivity index (χ3v) is 7.01. The molecule has 0 radical (unpaired) electrons. The first-order valence-corrected chi connectivity index (χ1v) is 11.7. The Morgan fingerprint density at radius 2 is 1.87 bits per heavy atom. The largest absolute Gasteiger partial charge is 0.354 e. The molecule has 2 aromatic heterocycles. The number of fused-ring (bicyclic) bond motifs is 1. The number of nitrogens with zero attached hydrogens (tertiary/aromatic N) is 5. The number of aromatic nitrogens is 2.